The molecular weight excluding hydrogens is 406 g/mol. The SMILES string of the molecule is O=C(CSc1ccccc1)Nc1cnn(CC(=O)N2CCC[C@@H]2c2nccs2)c1. The summed E-state index contributed by atoms with van der Waals surface area (Å²) in [4.78, 5) is 32.2. The summed E-state index contributed by atoms with van der Waals surface area (Å²) in [5.74, 6) is 0.230. The Balaban J connectivity index is 1.29. The van der Waals surface area contributed by atoms with E-state index >= 15 is 0 Å². The second kappa shape index (κ2) is 9.23. The van der Waals surface area contributed by atoms with Crippen molar-refractivity contribution in [1.82, 2.24) is 19.7 Å². The van der Waals surface area contributed by atoms with Gasteiger partial charge in [-0.2, -0.15) is 5.10 Å². The lowest BCUT2D eigenvalue weighted by atomic mass is 10.2. The van der Waals surface area contributed by atoms with Gasteiger partial charge in [0.15, 0.2) is 0 Å². The molecule has 4 rings (SSSR count). The number of nitrogens with zero attached hydrogens (tertiary/aromatic N) is 4. The molecule has 1 aliphatic heterocycles. The molecule has 1 aromatic carbocycles. The summed E-state index contributed by atoms with van der Waals surface area (Å²) in [7, 11) is 0. The fraction of sp³-hybridized carbons (Fsp3) is 0.300. The molecule has 0 spiro atoms. The van der Waals surface area contributed by atoms with Crippen LogP contribution in [0.4, 0.5) is 5.69 Å². The highest BCUT2D eigenvalue weighted by molar-refractivity contribution is 8.00. The Morgan fingerprint density at radius 1 is 1.28 bits per heavy atom. The molecule has 1 saturated heterocycles. The quantitative estimate of drug-likeness (QED) is 0.585. The van der Waals surface area contributed by atoms with E-state index < -0.39 is 0 Å². The number of thiazole rings is 1. The largest absolute Gasteiger partial charge is 0.332 e. The van der Waals surface area contributed by atoms with Crippen LogP contribution in [0.1, 0.15) is 23.9 Å². The number of benzene rings is 1. The van der Waals surface area contributed by atoms with Gasteiger partial charge in [0.25, 0.3) is 0 Å². The Kier molecular flexibility index (Phi) is 6.26. The molecule has 1 N–H and O–H groups in total. The minimum Gasteiger partial charge on any atom is -0.332 e. The molecule has 3 heterocycles. The average molecular weight is 428 g/mol. The molecule has 1 aliphatic rings. The van der Waals surface area contributed by atoms with Gasteiger partial charge in [-0.05, 0) is 25.0 Å². The fourth-order valence-corrected chi connectivity index (χ4v) is 4.83. The van der Waals surface area contributed by atoms with Gasteiger partial charge in [-0.1, -0.05) is 18.2 Å². The molecular formula is C20H21N5O2S2. The molecule has 29 heavy (non-hydrogen) atoms. The van der Waals surface area contributed by atoms with E-state index in [0.717, 1.165) is 29.3 Å². The molecule has 0 radical (unpaired) electrons. The third kappa shape index (κ3) is 5.04. The van der Waals surface area contributed by atoms with Gasteiger partial charge in [0, 0.05) is 29.2 Å². The van der Waals surface area contributed by atoms with E-state index in [0.29, 0.717) is 11.4 Å². The van der Waals surface area contributed by atoms with Crippen LogP contribution in [0.15, 0.2) is 59.2 Å². The lowest BCUT2D eigenvalue weighted by Crippen LogP contribution is -2.33. The van der Waals surface area contributed by atoms with Crippen LogP contribution in [0.2, 0.25) is 0 Å². The summed E-state index contributed by atoms with van der Waals surface area (Å²) >= 11 is 3.06. The van der Waals surface area contributed by atoms with E-state index in [4.69, 9.17) is 0 Å². The van der Waals surface area contributed by atoms with Gasteiger partial charge in [-0.15, -0.1) is 23.1 Å². The molecule has 9 heteroatoms. The first kappa shape index (κ1) is 19.7. The standard InChI is InChI=1S/C20H21N5O2S2/c26-18(14-29-16-5-2-1-3-6-16)23-15-11-22-24(12-15)13-19(27)25-9-4-7-17(25)20-21-8-10-28-20/h1-3,5-6,8,10-12,17H,4,7,9,13-14H2,(H,23,26)/t17-/m1/s1. The predicted molar refractivity (Wildman–Crippen MR) is 114 cm³/mol. The number of hydrogen-bond acceptors (Lipinski definition) is 6. The zero-order chi connectivity index (χ0) is 20.1. The topological polar surface area (TPSA) is 80.1 Å². The van der Waals surface area contributed by atoms with Gasteiger partial charge < -0.3 is 10.2 Å². The van der Waals surface area contributed by atoms with E-state index in [1.165, 1.54) is 11.8 Å². The number of hydrogen-bond donors (Lipinski definition) is 1. The van der Waals surface area contributed by atoms with Crippen molar-refractivity contribution in [3.05, 3.63) is 59.3 Å². The molecule has 0 bridgehead atoms. The van der Waals surface area contributed by atoms with E-state index in [2.05, 4.69) is 15.4 Å². The summed E-state index contributed by atoms with van der Waals surface area (Å²) < 4.78 is 1.57. The molecule has 2 amide bonds. The molecule has 0 unspecified atom stereocenters. The predicted octanol–water partition coefficient (Wildman–Crippen LogP) is 3.43. The molecule has 1 fully saturated rings. The molecule has 7 nitrogen and oxygen atoms in total. The van der Waals surface area contributed by atoms with Crippen molar-refractivity contribution in [2.45, 2.75) is 30.3 Å². The summed E-state index contributed by atoms with van der Waals surface area (Å²) in [5, 5.41) is 9.98. The number of carbonyl (C=O) groups excluding carboxylic acids is 2. The zero-order valence-corrected chi connectivity index (χ0v) is 17.4. The van der Waals surface area contributed by atoms with Crippen LogP contribution in [-0.4, -0.2) is 43.8 Å². The molecule has 0 aliphatic carbocycles. The Morgan fingerprint density at radius 2 is 2.14 bits per heavy atom. The number of anilines is 1. The van der Waals surface area contributed by atoms with Crippen LogP contribution >= 0.6 is 23.1 Å². The van der Waals surface area contributed by atoms with Crippen molar-refractivity contribution in [3.63, 3.8) is 0 Å². The minimum absolute atomic E-state index is 0.0170. The van der Waals surface area contributed by atoms with Crippen molar-refractivity contribution in [2.75, 3.05) is 17.6 Å². The summed E-state index contributed by atoms with van der Waals surface area (Å²) in [6, 6.07) is 9.84. The smallest absolute Gasteiger partial charge is 0.244 e. The van der Waals surface area contributed by atoms with Crippen LogP contribution in [0.25, 0.3) is 0 Å². The molecule has 1 atom stereocenters. The van der Waals surface area contributed by atoms with Crippen LogP contribution in [0, 0.1) is 0 Å². The zero-order valence-electron chi connectivity index (χ0n) is 15.7. The maximum atomic E-state index is 12.8. The van der Waals surface area contributed by atoms with E-state index in [1.54, 1.807) is 34.6 Å². The fourth-order valence-electron chi connectivity index (χ4n) is 3.33. The van der Waals surface area contributed by atoms with Gasteiger partial charge in [0.05, 0.1) is 23.7 Å². The Labute approximate surface area is 177 Å². The van der Waals surface area contributed by atoms with Gasteiger partial charge >= 0.3 is 0 Å². The first-order valence-electron chi connectivity index (χ1n) is 9.38. The van der Waals surface area contributed by atoms with Crippen LogP contribution in [0.3, 0.4) is 0 Å². The van der Waals surface area contributed by atoms with Crippen LogP contribution in [0.5, 0.6) is 0 Å². The van der Waals surface area contributed by atoms with E-state index in [1.807, 2.05) is 40.6 Å². The van der Waals surface area contributed by atoms with Crippen molar-refractivity contribution >= 4 is 40.6 Å². The van der Waals surface area contributed by atoms with Crippen molar-refractivity contribution in [2.24, 2.45) is 0 Å². The van der Waals surface area contributed by atoms with Gasteiger partial charge in [-0.3, -0.25) is 14.3 Å². The monoisotopic (exact) mass is 427 g/mol. The molecule has 0 saturated carbocycles. The maximum Gasteiger partial charge on any atom is 0.244 e. The third-order valence-corrected chi connectivity index (χ3v) is 6.53. The number of rotatable bonds is 7. The second-order valence-electron chi connectivity index (χ2n) is 6.69. The second-order valence-corrected chi connectivity index (χ2v) is 8.67. The number of likely N-dealkylation sites (tertiary alicyclic amines) is 1. The highest BCUT2D eigenvalue weighted by Crippen LogP contribution is 2.33. The average Bonchev–Trinajstić information content (AvgIpc) is 3.48. The van der Waals surface area contributed by atoms with Crippen molar-refractivity contribution in [3.8, 4) is 0 Å². The maximum absolute atomic E-state index is 12.8. The highest BCUT2D eigenvalue weighted by Gasteiger charge is 2.31. The normalized spacial score (nSPS) is 16.1. The number of aromatic nitrogens is 3. The summed E-state index contributed by atoms with van der Waals surface area (Å²) in [6.45, 7) is 0.890. The number of thioether (sulfide) groups is 1. The van der Waals surface area contributed by atoms with E-state index in [9.17, 15) is 9.59 Å². The third-order valence-electron chi connectivity index (χ3n) is 4.64. The number of nitrogens with one attached hydrogen (secondary N) is 1. The van der Waals surface area contributed by atoms with Crippen LogP contribution < -0.4 is 5.32 Å². The Hall–Kier alpha value is -2.65. The first-order valence-corrected chi connectivity index (χ1v) is 11.2. The molecule has 3 aromatic rings. The van der Waals surface area contributed by atoms with Gasteiger partial charge in [0.2, 0.25) is 11.8 Å². The van der Waals surface area contributed by atoms with E-state index in [-0.39, 0.29) is 24.4 Å². The molecule has 150 valence electrons. The molecule has 2 aromatic heterocycles. The van der Waals surface area contributed by atoms with Gasteiger partial charge in [-0.25, -0.2) is 4.98 Å². The Bertz CT molecular complexity index is 958. The first-order chi connectivity index (χ1) is 14.2. The van der Waals surface area contributed by atoms with Gasteiger partial charge in [0.1, 0.15) is 11.6 Å². The summed E-state index contributed by atoms with van der Waals surface area (Å²) in [6.07, 6.45) is 6.96. The highest BCUT2D eigenvalue weighted by atomic mass is 32.2. The van der Waals surface area contributed by atoms with Crippen LogP contribution in [-0.2, 0) is 16.1 Å². The number of amides is 2. The lowest BCUT2D eigenvalue weighted by Gasteiger charge is -2.23. The number of carbonyl (C=O) groups is 2. The minimum atomic E-state index is -0.104. The van der Waals surface area contributed by atoms with Crippen molar-refractivity contribution in [1.29, 1.82) is 0 Å². The lowest BCUT2D eigenvalue weighted by molar-refractivity contribution is -0.133. The van der Waals surface area contributed by atoms with Crippen molar-refractivity contribution < 1.29 is 9.59 Å². The summed E-state index contributed by atoms with van der Waals surface area (Å²) in [5.41, 5.74) is 0.592. The Morgan fingerprint density at radius 3 is 2.93 bits per heavy atom.